The van der Waals surface area contributed by atoms with E-state index in [-0.39, 0.29) is 55.6 Å². The fourth-order valence-corrected chi connectivity index (χ4v) is 9.45. The Morgan fingerprint density at radius 2 is 1.62 bits per heavy atom. The number of methoxy groups -OCH3 is 3. The summed E-state index contributed by atoms with van der Waals surface area (Å²) in [6, 6.07) is -1.20. The van der Waals surface area contributed by atoms with Crippen LogP contribution in [0.3, 0.4) is 0 Å². The number of cyclic esters (lactones) is 1. The average molecular weight is 791 g/mol. The third kappa shape index (κ3) is 10.7. The number of aliphatic hydroxyl groups excluding tert-OH is 1. The number of fused-ring (bicyclic) bond motifs is 3. The van der Waals surface area contributed by atoms with Crippen LogP contribution in [0.2, 0.25) is 0 Å². The van der Waals surface area contributed by atoms with Crippen molar-refractivity contribution in [3.8, 4) is 0 Å². The van der Waals surface area contributed by atoms with Crippen molar-refractivity contribution in [2.24, 2.45) is 35.3 Å². The molecule has 1 saturated carbocycles. The summed E-state index contributed by atoms with van der Waals surface area (Å²) >= 11 is 0. The second-order valence-corrected chi connectivity index (χ2v) is 17.3. The van der Waals surface area contributed by atoms with Crippen molar-refractivity contribution < 1.29 is 53.1 Å². The number of nitrogens with zero attached hydrogens (tertiary/aromatic N) is 1. The lowest BCUT2D eigenvalue weighted by Gasteiger charge is -2.47. The Balaban J connectivity index is 1.76. The van der Waals surface area contributed by atoms with Gasteiger partial charge in [0.2, 0.25) is 5.79 Å². The molecule has 3 aliphatic heterocycles. The highest BCUT2D eigenvalue weighted by Crippen LogP contribution is 2.39. The summed E-state index contributed by atoms with van der Waals surface area (Å²) in [6.07, 6.45) is 5.22. The number of amides is 1. The van der Waals surface area contributed by atoms with Gasteiger partial charge in [0.25, 0.3) is 11.7 Å². The van der Waals surface area contributed by atoms with Gasteiger partial charge < -0.3 is 44.5 Å². The van der Waals surface area contributed by atoms with Gasteiger partial charge in [0.1, 0.15) is 24.0 Å². The number of ketones is 2. The number of aliphatic hydroxyl groups is 2. The Morgan fingerprint density at radius 3 is 2.27 bits per heavy atom. The Labute approximate surface area is 334 Å². The van der Waals surface area contributed by atoms with E-state index in [0.29, 0.717) is 44.1 Å². The lowest BCUT2D eigenvalue weighted by molar-refractivity contribution is -0.302. The minimum atomic E-state index is -2.49. The van der Waals surface area contributed by atoms with Gasteiger partial charge in [0.15, 0.2) is 0 Å². The van der Waals surface area contributed by atoms with Crippen LogP contribution >= 0.6 is 0 Å². The first kappa shape index (κ1) is 46.2. The third-order valence-corrected chi connectivity index (χ3v) is 13.0. The van der Waals surface area contributed by atoms with Gasteiger partial charge in [0.05, 0.1) is 24.4 Å². The van der Waals surface area contributed by atoms with E-state index in [2.05, 4.69) is 6.92 Å². The number of piperidine rings is 1. The van der Waals surface area contributed by atoms with E-state index in [0.717, 1.165) is 18.4 Å². The molecule has 1 amide bonds. The Bertz CT molecular complexity index is 1430. The molecule has 0 radical (unpaired) electrons. The van der Waals surface area contributed by atoms with Crippen molar-refractivity contribution in [2.75, 3.05) is 27.9 Å². The number of carbonyl (C=O) groups excluding carboxylic acids is 4. The van der Waals surface area contributed by atoms with Crippen molar-refractivity contribution in [3.05, 3.63) is 23.3 Å². The number of hydrogen-bond acceptors (Lipinski definition) is 12. The predicted octanol–water partition coefficient (Wildman–Crippen LogP) is 4.44. The summed E-state index contributed by atoms with van der Waals surface area (Å²) in [5.74, 6) is -7.30. The zero-order chi connectivity index (χ0) is 41.5. The molecule has 4 aliphatic rings. The van der Waals surface area contributed by atoms with Gasteiger partial charge in [-0.1, -0.05) is 45.4 Å². The van der Waals surface area contributed by atoms with Gasteiger partial charge in [-0.2, -0.15) is 0 Å². The molecule has 2 bridgehead atoms. The normalized spacial score (nSPS) is 41.6. The summed E-state index contributed by atoms with van der Waals surface area (Å²) in [4.78, 5) is 57.7. The molecule has 3 heterocycles. The molecule has 0 unspecified atom stereocenters. The van der Waals surface area contributed by atoms with Gasteiger partial charge in [0, 0.05) is 58.1 Å². The number of hydrogen-bond donors (Lipinski definition) is 3. The summed E-state index contributed by atoms with van der Waals surface area (Å²) in [5.41, 5.74) is 8.01. The summed E-state index contributed by atoms with van der Waals surface area (Å²) in [5, 5.41) is 23.7. The maximum Gasteiger partial charge on any atom is 0.329 e. The molecular weight excluding hydrogens is 720 g/mol. The number of allylic oxidation sites excluding steroid dienone is 3. The van der Waals surface area contributed by atoms with Crippen LogP contribution in [0, 0.1) is 29.6 Å². The van der Waals surface area contributed by atoms with Crippen molar-refractivity contribution in [1.29, 1.82) is 0 Å². The van der Waals surface area contributed by atoms with E-state index >= 15 is 0 Å². The molecule has 0 aromatic carbocycles. The fourth-order valence-electron chi connectivity index (χ4n) is 9.45. The van der Waals surface area contributed by atoms with Gasteiger partial charge in [-0.25, -0.2) is 4.79 Å². The molecule has 318 valence electrons. The largest absolute Gasteiger partial charge is 0.456 e. The lowest BCUT2D eigenvalue weighted by atomic mass is 9.81. The first-order chi connectivity index (χ1) is 26.5. The maximum absolute atomic E-state index is 14.3. The Kier molecular flexibility index (Phi) is 16.9. The third-order valence-electron chi connectivity index (χ3n) is 13.0. The Hall–Kier alpha value is -2.52. The van der Waals surface area contributed by atoms with E-state index in [1.165, 1.54) is 19.1 Å². The molecule has 4 N–H and O–H groups in total. The molecule has 4 rings (SSSR count). The molecule has 0 aromatic heterocycles. The number of Topliss-reactive ketones (excluding diaryl/α,β-unsaturated/α-hetero) is 2. The van der Waals surface area contributed by atoms with Gasteiger partial charge in [-0.15, -0.1) is 0 Å². The lowest BCUT2D eigenvalue weighted by Crippen LogP contribution is -2.64. The SMILES string of the molecule is CC[C@@H]1/C=C(\C)C[C@H](C)C[C@H](OC)[C@H]2O[C@@](O)(C(=O)C(=O)N3CCCC[C@H]3C(=O)O[C@H](/C(C)=C/[C@@H]3CC[C@H](N)[C@H](OC)C3)[C@H](C)[C@@H](O)CC1=O)[C@H](C)C[C@@H]2OC. The van der Waals surface area contributed by atoms with Gasteiger partial charge >= 0.3 is 5.97 Å². The van der Waals surface area contributed by atoms with Crippen LogP contribution in [0.25, 0.3) is 0 Å². The predicted molar refractivity (Wildman–Crippen MR) is 210 cm³/mol. The monoisotopic (exact) mass is 790 g/mol. The van der Waals surface area contributed by atoms with Crippen molar-refractivity contribution in [3.63, 3.8) is 0 Å². The van der Waals surface area contributed by atoms with E-state index in [1.807, 2.05) is 32.9 Å². The van der Waals surface area contributed by atoms with Crippen LogP contribution in [-0.2, 0) is 42.9 Å². The molecule has 56 heavy (non-hydrogen) atoms. The number of nitrogens with two attached hydrogens (primary N) is 1. The smallest absolute Gasteiger partial charge is 0.329 e. The summed E-state index contributed by atoms with van der Waals surface area (Å²) in [7, 11) is 4.72. The molecule has 1 aliphatic carbocycles. The molecule has 14 atom stereocenters. The first-order valence-electron chi connectivity index (χ1n) is 20.9. The van der Waals surface area contributed by atoms with Crippen molar-refractivity contribution in [2.45, 2.75) is 167 Å². The fraction of sp³-hybridized carbons (Fsp3) is 0.814. The number of carbonyl (C=O) groups is 4. The van der Waals surface area contributed by atoms with Gasteiger partial charge in [-0.05, 0) is 95.5 Å². The van der Waals surface area contributed by atoms with Crippen molar-refractivity contribution >= 4 is 23.4 Å². The minimum absolute atomic E-state index is 0.0428. The highest BCUT2D eigenvalue weighted by Gasteiger charge is 2.56. The summed E-state index contributed by atoms with van der Waals surface area (Å²) in [6.45, 7) is 11.3. The molecule has 2 saturated heterocycles. The van der Waals surface area contributed by atoms with Crippen LogP contribution in [-0.4, -0.2) is 121 Å². The second kappa shape index (κ2) is 20.4. The quantitative estimate of drug-likeness (QED) is 0.196. The number of rotatable bonds is 6. The molecule has 13 nitrogen and oxygen atoms in total. The van der Waals surface area contributed by atoms with Crippen LogP contribution in [0.15, 0.2) is 23.3 Å². The van der Waals surface area contributed by atoms with E-state index in [9.17, 15) is 29.4 Å². The molecule has 0 aromatic rings. The topological polar surface area (TPSA) is 184 Å². The zero-order valence-electron chi connectivity index (χ0n) is 35.2. The van der Waals surface area contributed by atoms with Crippen molar-refractivity contribution in [1.82, 2.24) is 4.90 Å². The average Bonchev–Trinajstić information content (AvgIpc) is 3.18. The van der Waals surface area contributed by atoms with Crippen LogP contribution in [0.4, 0.5) is 0 Å². The van der Waals surface area contributed by atoms with Crippen LogP contribution < -0.4 is 5.73 Å². The van der Waals surface area contributed by atoms with Crippen LogP contribution in [0.1, 0.15) is 112 Å². The van der Waals surface area contributed by atoms with E-state index in [1.54, 1.807) is 21.0 Å². The molecular formula is C43H70N2O11. The number of esters is 1. The standard InChI is InChI=1S/C43H70N2O11/c1-10-30-18-24(2)17-25(3)19-36(53-8)39-37(54-9)21-27(5)43(51,56-39)40(48)41(49)45-16-12-11-13-32(45)42(50)55-38(28(6)33(46)23-34(30)47)26(4)20-29-14-15-31(44)35(22-29)52-7/h18,20,25,27-33,35-39,46,51H,10-17,19,21-23,44H2,1-9H3/b24-18+,26-20+/t25-,27+,28+,29-,30+,31-,32-,33-,35+,36-,37-,38+,39+,43+/m0/s1. The molecule has 0 spiro atoms. The molecule has 3 fully saturated rings. The number of ether oxygens (including phenoxy) is 5. The first-order valence-corrected chi connectivity index (χ1v) is 20.9. The highest BCUT2D eigenvalue weighted by atomic mass is 16.7. The summed E-state index contributed by atoms with van der Waals surface area (Å²) < 4.78 is 29.9. The van der Waals surface area contributed by atoms with Gasteiger partial charge in [-0.3, -0.25) is 14.4 Å². The van der Waals surface area contributed by atoms with E-state index in [4.69, 9.17) is 29.4 Å². The zero-order valence-corrected chi connectivity index (χ0v) is 35.2. The second-order valence-electron chi connectivity index (χ2n) is 17.3. The van der Waals surface area contributed by atoms with Crippen LogP contribution in [0.5, 0.6) is 0 Å². The molecule has 13 heteroatoms. The Morgan fingerprint density at radius 1 is 0.964 bits per heavy atom. The maximum atomic E-state index is 14.3. The highest BCUT2D eigenvalue weighted by molar-refractivity contribution is 6.39. The minimum Gasteiger partial charge on any atom is -0.456 e. The van der Waals surface area contributed by atoms with E-state index < -0.39 is 77.8 Å².